The zero-order chi connectivity index (χ0) is 20.1. The highest BCUT2D eigenvalue weighted by molar-refractivity contribution is 7.19. The summed E-state index contributed by atoms with van der Waals surface area (Å²) in [5.74, 6) is 0.723. The second kappa shape index (κ2) is 9.41. The van der Waals surface area contributed by atoms with Gasteiger partial charge in [-0.15, -0.1) is 11.3 Å². The minimum absolute atomic E-state index is 0.582. The molecule has 0 saturated carbocycles. The topological polar surface area (TPSA) is 71.9 Å². The molecule has 1 aliphatic rings. The fraction of sp³-hybridized carbons (Fsp3) is 0.381. The Morgan fingerprint density at radius 2 is 2.10 bits per heavy atom. The van der Waals surface area contributed by atoms with Gasteiger partial charge in [0.25, 0.3) is 0 Å². The summed E-state index contributed by atoms with van der Waals surface area (Å²) in [6, 6.07) is 10.2. The Labute approximate surface area is 174 Å². The van der Waals surface area contributed by atoms with E-state index < -0.39 is 0 Å². The van der Waals surface area contributed by atoms with Crippen LogP contribution in [0.25, 0.3) is 21.6 Å². The maximum absolute atomic E-state index is 5.50. The van der Waals surface area contributed by atoms with Crippen molar-refractivity contribution in [2.75, 3.05) is 40.5 Å². The van der Waals surface area contributed by atoms with Gasteiger partial charge < -0.3 is 14.9 Å². The quantitative estimate of drug-likeness (QED) is 0.476. The molecule has 7 nitrogen and oxygen atoms in total. The summed E-state index contributed by atoms with van der Waals surface area (Å²) in [6.07, 6.45) is 1.80. The van der Waals surface area contributed by atoms with Gasteiger partial charge in [-0.3, -0.25) is 4.90 Å². The van der Waals surface area contributed by atoms with Gasteiger partial charge in [-0.25, -0.2) is 9.97 Å². The third kappa shape index (κ3) is 4.62. The van der Waals surface area contributed by atoms with Gasteiger partial charge in [-0.1, -0.05) is 24.3 Å². The molecule has 4 rings (SSSR count). The molecule has 0 amide bonds. The zero-order valence-corrected chi connectivity index (χ0v) is 17.5. The smallest absolute Gasteiger partial charge is 0.160 e. The fourth-order valence-corrected chi connectivity index (χ4v) is 4.44. The number of aromatic nitrogens is 2. The lowest BCUT2D eigenvalue weighted by Crippen LogP contribution is -2.35. The predicted octanol–water partition coefficient (Wildman–Crippen LogP) is 2.89. The van der Waals surface area contributed by atoms with Crippen LogP contribution in [0.5, 0.6) is 0 Å². The first-order chi connectivity index (χ1) is 14.3. The van der Waals surface area contributed by atoms with E-state index in [9.17, 15) is 0 Å². The summed E-state index contributed by atoms with van der Waals surface area (Å²) < 4.78 is 12.0. The fourth-order valence-electron chi connectivity index (χ4n) is 3.40. The molecule has 0 aliphatic carbocycles. The normalized spacial score (nSPS) is 15.4. The largest absolute Gasteiger partial charge is 0.379 e. The molecule has 1 aliphatic heterocycles. The van der Waals surface area contributed by atoms with Gasteiger partial charge in [0.1, 0.15) is 0 Å². The molecule has 1 fully saturated rings. The van der Waals surface area contributed by atoms with E-state index in [-0.39, 0.29) is 0 Å². The third-order valence-electron chi connectivity index (χ3n) is 4.79. The first-order valence-corrected chi connectivity index (χ1v) is 10.5. The Hall–Kier alpha value is -2.39. The van der Waals surface area contributed by atoms with Crippen LogP contribution >= 0.6 is 11.3 Å². The van der Waals surface area contributed by atoms with Gasteiger partial charge in [0, 0.05) is 49.8 Å². The van der Waals surface area contributed by atoms with Crippen LogP contribution in [0, 0.1) is 0 Å². The maximum Gasteiger partial charge on any atom is 0.160 e. The number of nitrogens with one attached hydrogen (secondary N) is 1. The van der Waals surface area contributed by atoms with E-state index in [0.717, 1.165) is 70.6 Å². The lowest BCUT2D eigenvalue weighted by atomic mass is 10.1. The Balaban J connectivity index is 1.79. The summed E-state index contributed by atoms with van der Waals surface area (Å²) in [7, 11) is 3.50. The van der Waals surface area contributed by atoms with E-state index in [0.29, 0.717) is 6.61 Å². The summed E-state index contributed by atoms with van der Waals surface area (Å²) in [5, 5.41) is 4.17. The van der Waals surface area contributed by atoms with Crippen LogP contribution in [0.3, 0.4) is 0 Å². The van der Waals surface area contributed by atoms with Crippen molar-refractivity contribution in [1.29, 1.82) is 0 Å². The van der Waals surface area contributed by atoms with Crippen LogP contribution in [0.2, 0.25) is 0 Å². The molecule has 29 heavy (non-hydrogen) atoms. The van der Waals surface area contributed by atoms with Crippen molar-refractivity contribution in [2.45, 2.75) is 13.2 Å². The van der Waals surface area contributed by atoms with Gasteiger partial charge in [0.05, 0.1) is 41.9 Å². The predicted molar refractivity (Wildman–Crippen MR) is 116 cm³/mol. The Kier molecular flexibility index (Phi) is 6.46. The first kappa shape index (κ1) is 19.9. The van der Waals surface area contributed by atoms with E-state index in [1.807, 2.05) is 24.3 Å². The minimum Gasteiger partial charge on any atom is -0.379 e. The average Bonchev–Trinajstić information content (AvgIpc) is 3.16. The van der Waals surface area contributed by atoms with Crippen molar-refractivity contribution in [1.82, 2.24) is 20.3 Å². The maximum atomic E-state index is 5.50. The van der Waals surface area contributed by atoms with Crippen LogP contribution < -0.4 is 5.43 Å². The van der Waals surface area contributed by atoms with Gasteiger partial charge in [-0.05, 0) is 6.07 Å². The number of benzene rings is 1. The molecule has 0 atom stereocenters. The lowest BCUT2D eigenvalue weighted by Gasteiger charge is -2.26. The third-order valence-corrected chi connectivity index (χ3v) is 5.94. The van der Waals surface area contributed by atoms with Crippen molar-refractivity contribution >= 4 is 27.8 Å². The van der Waals surface area contributed by atoms with Crippen molar-refractivity contribution in [3.8, 4) is 11.4 Å². The highest BCUT2D eigenvalue weighted by Gasteiger charge is 2.18. The van der Waals surface area contributed by atoms with E-state index in [1.54, 1.807) is 31.7 Å². The summed E-state index contributed by atoms with van der Waals surface area (Å²) >= 11 is 1.71. The van der Waals surface area contributed by atoms with Crippen molar-refractivity contribution in [2.24, 2.45) is 5.10 Å². The van der Waals surface area contributed by atoms with Crippen LogP contribution in [-0.4, -0.2) is 61.5 Å². The van der Waals surface area contributed by atoms with Crippen LogP contribution in [-0.2, 0) is 22.6 Å². The number of ether oxygens (including phenoxy) is 2. The Morgan fingerprint density at radius 1 is 1.28 bits per heavy atom. The first-order valence-electron chi connectivity index (χ1n) is 9.66. The molecular weight excluding hydrogens is 386 g/mol. The van der Waals surface area contributed by atoms with E-state index in [1.165, 1.54) is 0 Å². The number of nitrogens with zero attached hydrogens (tertiary/aromatic N) is 4. The molecule has 3 heterocycles. The minimum atomic E-state index is 0.582. The number of fused-ring (bicyclic) bond motifs is 1. The van der Waals surface area contributed by atoms with Crippen LogP contribution in [0.15, 0.2) is 35.4 Å². The van der Waals surface area contributed by atoms with Crippen LogP contribution in [0.4, 0.5) is 0 Å². The molecule has 1 saturated heterocycles. The number of methoxy groups -OCH3 is 1. The molecule has 1 N–H and O–H groups in total. The Bertz CT molecular complexity index is 998. The standard InChI is InChI=1S/C21H25N5O2S/c1-22-23-12-15-5-3-4-6-17(15)21-24-18-11-16(14-27-2)29-20(18)19(25-21)13-26-7-9-28-10-8-26/h3-6,11-12,22H,7-10,13-14H2,1-2H3/b23-12-. The second-order valence-electron chi connectivity index (χ2n) is 6.81. The number of rotatable bonds is 7. The number of thiophene rings is 1. The van der Waals surface area contributed by atoms with E-state index in [4.69, 9.17) is 19.4 Å². The molecule has 1 aromatic carbocycles. The monoisotopic (exact) mass is 411 g/mol. The summed E-state index contributed by atoms with van der Waals surface area (Å²) in [5.41, 5.74) is 6.78. The van der Waals surface area contributed by atoms with Gasteiger partial charge in [-0.2, -0.15) is 5.10 Å². The molecule has 0 unspecified atom stereocenters. The SMILES string of the molecule is CN/N=C\c1ccccc1-c1nc(CN2CCOCC2)c2sc(COC)cc2n1. The molecule has 0 spiro atoms. The van der Waals surface area contributed by atoms with Gasteiger partial charge in [0.15, 0.2) is 5.82 Å². The lowest BCUT2D eigenvalue weighted by molar-refractivity contribution is 0.0339. The molecule has 0 radical (unpaired) electrons. The molecule has 152 valence electrons. The number of hydrogen-bond donors (Lipinski definition) is 1. The second-order valence-corrected chi connectivity index (χ2v) is 7.95. The zero-order valence-electron chi connectivity index (χ0n) is 16.7. The van der Waals surface area contributed by atoms with Crippen molar-refractivity contribution < 1.29 is 9.47 Å². The number of hydrazone groups is 1. The molecule has 0 bridgehead atoms. The Morgan fingerprint density at radius 3 is 2.90 bits per heavy atom. The van der Waals surface area contributed by atoms with Crippen molar-refractivity contribution in [3.63, 3.8) is 0 Å². The summed E-state index contributed by atoms with van der Waals surface area (Å²) in [6.45, 7) is 4.74. The van der Waals surface area contributed by atoms with Crippen molar-refractivity contribution in [3.05, 3.63) is 46.5 Å². The highest BCUT2D eigenvalue weighted by atomic mass is 32.1. The van der Waals surface area contributed by atoms with Gasteiger partial charge >= 0.3 is 0 Å². The molecule has 8 heteroatoms. The number of morpholine rings is 1. The van der Waals surface area contributed by atoms with E-state index >= 15 is 0 Å². The molecule has 2 aromatic heterocycles. The average molecular weight is 412 g/mol. The molecule has 3 aromatic rings. The molecular formula is C21H25N5O2S. The van der Waals surface area contributed by atoms with Gasteiger partial charge in [0.2, 0.25) is 0 Å². The number of hydrogen-bond acceptors (Lipinski definition) is 8. The van der Waals surface area contributed by atoms with E-state index in [2.05, 4.69) is 21.5 Å². The highest BCUT2D eigenvalue weighted by Crippen LogP contribution is 2.31. The van der Waals surface area contributed by atoms with Crippen LogP contribution in [0.1, 0.15) is 16.1 Å². The summed E-state index contributed by atoms with van der Waals surface area (Å²) in [4.78, 5) is 13.4.